The van der Waals surface area contributed by atoms with Crippen LogP contribution in [0.4, 0.5) is 4.39 Å². The molecule has 2 rings (SSSR count). The van der Waals surface area contributed by atoms with Gasteiger partial charge in [-0.25, -0.2) is 22.4 Å². The summed E-state index contributed by atoms with van der Waals surface area (Å²) in [4.78, 5) is 52.3. The van der Waals surface area contributed by atoms with E-state index in [4.69, 9.17) is 14.2 Å². The van der Waals surface area contributed by atoms with Gasteiger partial charge in [-0.15, -0.1) is 0 Å². The van der Waals surface area contributed by atoms with Crippen LogP contribution < -0.4 is 11.2 Å². The van der Waals surface area contributed by atoms with Gasteiger partial charge in [-0.2, -0.15) is 0 Å². The van der Waals surface area contributed by atoms with Crippen molar-refractivity contribution in [3.8, 4) is 0 Å². The lowest BCUT2D eigenvalue weighted by atomic mass is 9.98. The van der Waals surface area contributed by atoms with Crippen LogP contribution in [0, 0.1) is 0 Å². The van der Waals surface area contributed by atoms with E-state index in [9.17, 15) is 38.0 Å². The average molecular weight is 500 g/mol. The molecule has 1 aromatic rings. The van der Waals surface area contributed by atoms with Crippen molar-refractivity contribution in [3.05, 3.63) is 33.1 Å². The molecular weight excluding hydrogens is 484 g/mol. The molecule has 0 bridgehead atoms. The Labute approximate surface area is 166 Å². The molecule has 0 amide bonds. The van der Waals surface area contributed by atoms with E-state index in [1.807, 2.05) is 4.98 Å². The van der Waals surface area contributed by atoms with Gasteiger partial charge in [0.1, 0.15) is 12.2 Å². The maximum Gasteiger partial charge on any atom is 0.486 e. The summed E-state index contributed by atoms with van der Waals surface area (Å²) < 4.78 is 55.2. The maximum atomic E-state index is 15.0. The van der Waals surface area contributed by atoms with Crippen LogP contribution in [0.5, 0.6) is 0 Å². The fourth-order valence-corrected chi connectivity index (χ4v) is 6.13. The minimum atomic E-state index is -5.25. The van der Waals surface area contributed by atoms with E-state index in [0.717, 1.165) is 19.2 Å². The number of aliphatic hydroxyl groups is 1. The summed E-state index contributed by atoms with van der Waals surface area (Å²) in [6.07, 6.45) is -4.23. The first kappa shape index (κ1) is 24.7. The van der Waals surface area contributed by atoms with E-state index in [-0.39, 0.29) is 0 Å². The molecule has 7 atom stereocenters. The molecule has 1 aliphatic rings. The quantitative estimate of drug-likeness (QED) is 0.280. The van der Waals surface area contributed by atoms with Crippen LogP contribution in [0.3, 0.4) is 0 Å². The summed E-state index contributed by atoms with van der Waals surface area (Å²) in [5, 5.41) is 10.1. The van der Waals surface area contributed by atoms with Crippen LogP contribution in [0.25, 0.3) is 0 Å². The van der Waals surface area contributed by atoms with Gasteiger partial charge in [0.25, 0.3) is 5.56 Å². The second-order valence-electron chi connectivity index (χ2n) is 5.81. The summed E-state index contributed by atoms with van der Waals surface area (Å²) in [6, 6.07) is 0.921. The van der Waals surface area contributed by atoms with Gasteiger partial charge in [-0.05, 0) is 18.7 Å². The molecule has 0 radical (unpaired) electrons. The Balaban J connectivity index is 2.13. The Bertz CT molecular complexity index is 997. The summed E-state index contributed by atoms with van der Waals surface area (Å²) >= 11 is 4.44. The van der Waals surface area contributed by atoms with Gasteiger partial charge >= 0.3 is 28.5 Å². The van der Waals surface area contributed by atoms with E-state index in [2.05, 4.69) is 20.4 Å². The molecule has 0 spiro atoms. The van der Waals surface area contributed by atoms with Crippen LogP contribution in [-0.2, 0) is 38.8 Å². The Hall–Kier alpha value is -0.600. The Morgan fingerprint density at radius 1 is 1.48 bits per heavy atom. The first-order valence-electron chi connectivity index (χ1n) is 7.42. The zero-order chi connectivity index (χ0) is 22.2. The standard InChI is InChI=1S/C10H16FN2O12P3S/c1-10(11)7(15)5(23-8(10)13-3-2-6(14)12-9(13)16)4-22-28(21,29)25-27(19,20)24-26(17)18/h2-3,5,7-8,15,26H,4H2,1H3,(H,17,18)(H,19,20)(H,21,29)(H,12,14,16)/t5-,7-,8-,10-,28?/m1/s1. The lowest BCUT2D eigenvalue weighted by Gasteiger charge is -2.24. The smallest absolute Gasteiger partial charge is 0.387 e. The largest absolute Gasteiger partial charge is 0.486 e. The van der Waals surface area contributed by atoms with Crippen molar-refractivity contribution in [3.63, 3.8) is 0 Å². The first-order chi connectivity index (χ1) is 13.1. The Kier molecular flexibility index (Phi) is 7.54. The van der Waals surface area contributed by atoms with Crippen molar-refractivity contribution in [1.82, 2.24) is 9.55 Å². The normalized spacial score (nSPS) is 32.4. The summed E-state index contributed by atoms with van der Waals surface area (Å²) in [7, 11) is -9.16. The molecule has 5 N–H and O–H groups in total. The van der Waals surface area contributed by atoms with Crippen LogP contribution in [-0.4, -0.2) is 53.8 Å². The number of ether oxygens (including phenoxy) is 1. The van der Waals surface area contributed by atoms with Crippen molar-refractivity contribution in [2.45, 2.75) is 31.0 Å². The molecule has 166 valence electrons. The third-order valence-corrected chi connectivity index (χ3v) is 8.21. The third-order valence-electron chi connectivity index (χ3n) is 3.62. The first-order valence-corrected chi connectivity index (χ1v) is 12.8. The predicted octanol–water partition coefficient (Wildman–Crippen LogP) is -0.728. The van der Waals surface area contributed by atoms with E-state index in [1.165, 1.54) is 0 Å². The molecule has 29 heavy (non-hydrogen) atoms. The van der Waals surface area contributed by atoms with Crippen molar-refractivity contribution >= 4 is 34.6 Å². The monoisotopic (exact) mass is 500 g/mol. The second kappa shape index (κ2) is 8.87. The second-order valence-corrected chi connectivity index (χ2v) is 11.2. The van der Waals surface area contributed by atoms with Crippen LogP contribution in [0.15, 0.2) is 21.9 Å². The van der Waals surface area contributed by atoms with Gasteiger partial charge in [0.05, 0.1) is 6.61 Å². The molecule has 1 saturated heterocycles. The summed E-state index contributed by atoms with van der Waals surface area (Å²) in [6.45, 7) is -4.53. The topological polar surface area (TPSA) is 207 Å². The predicted molar refractivity (Wildman–Crippen MR) is 96.4 cm³/mol. The number of halogens is 1. The number of hydrogen-bond donors (Lipinski definition) is 5. The molecule has 0 aromatic carbocycles. The molecule has 2 heterocycles. The highest BCUT2D eigenvalue weighted by Crippen LogP contribution is 2.63. The third kappa shape index (κ3) is 6.20. The molecule has 3 unspecified atom stereocenters. The molecule has 0 aliphatic carbocycles. The number of rotatable bonds is 8. The van der Waals surface area contributed by atoms with Crippen molar-refractivity contribution in [1.29, 1.82) is 0 Å². The number of alkyl halides is 1. The van der Waals surface area contributed by atoms with E-state index >= 15 is 0 Å². The fraction of sp³-hybridized carbons (Fsp3) is 0.600. The van der Waals surface area contributed by atoms with Gasteiger partial charge in [0, 0.05) is 12.3 Å². The molecule has 0 saturated carbocycles. The number of nitrogens with zero attached hydrogens (tertiary/aromatic N) is 1. The van der Waals surface area contributed by atoms with Gasteiger partial charge in [-0.3, -0.25) is 18.9 Å². The van der Waals surface area contributed by atoms with Gasteiger partial charge in [0.2, 0.25) is 0 Å². The van der Waals surface area contributed by atoms with Crippen LogP contribution >= 0.6 is 22.8 Å². The number of aliphatic hydroxyl groups excluding tert-OH is 1. The zero-order valence-corrected chi connectivity index (χ0v) is 17.9. The number of aromatic amines is 1. The van der Waals surface area contributed by atoms with Crippen molar-refractivity contribution < 1.29 is 51.2 Å². The van der Waals surface area contributed by atoms with Crippen LogP contribution in [0.2, 0.25) is 0 Å². The Morgan fingerprint density at radius 3 is 2.66 bits per heavy atom. The molecular formula is C10H16FN2O12P3S. The zero-order valence-electron chi connectivity index (χ0n) is 14.3. The highest BCUT2D eigenvalue weighted by Gasteiger charge is 2.55. The number of phosphoric acid groups is 1. The maximum absolute atomic E-state index is 15.0. The van der Waals surface area contributed by atoms with E-state index in [1.54, 1.807) is 0 Å². The average Bonchev–Trinajstić information content (AvgIpc) is 2.74. The summed E-state index contributed by atoms with van der Waals surface area (Å²) in [5.74, 6) is 0. The highest BCUT2D eigenvalue weighted by molar-refractivity contribution is 8.08. The van der Waals surface area contributed by atoms with Crippen molar-refractivity contribution in [2.24, 2.45) is 0 Å². The number of aromatic nitrogens is 2. The van der Waals surface area contributed by atoms with E-state index in [0.29, 0.717) is 4.57 Å². The number of H-pyrrole nitrogens is 1. The minimum Gasteiger partial charge on any atom is -0.387 e. The molecule has 1 aliphatic heterocycles. The Morgan fingerprint density at radius 2 is 2.10 bits per heavy atom. The fourth-order valence-electron chi connectivity index (χ4n) is 2.40. The number of nitrogens with one attached hydrogen (secondary N) is 1. The highest BCUT2D eigenvalue weighted by atomic mass is 32.5. The lowest BCUT2D eigenvalue weighted by molar-refractivity contribution is -0.0593. The van der Waals surface area contributed by atoms with Gasteiger partial charge in [0.15, 0.2) is 11.9 Å². The van der Waals surface area contributed by atoms with Crippen molar-refractivity contribution in [2.75, 3.05) is 6.61 Å². The lowest BCUT2D eigenvalue weighted by Crippen LogP contribution is -2.43. The molecule has 1 fully saturated rings. The minimum absolute atomic E-state index is 0.672. The number of hydrogen-bond acceptors (Lipinski definition) is 10. The van der Waals surface area contributed by atoms with E-state index < -0.39 is 64.8 Å². The molecule has 19 heteroatoms. The van der Waals surface area contributed by atoms with Gasteiger partial charge < -0.3 is 29.0 Å². The molecule has 14 nitrogen and oxygen atoms in total. The van der Waals surface area contributed by atoms with Gasteiger partial charge in [-0.1, -0.05) is 0 Å². The molecule has 1 aromatic heterocycles. The SMILES string of the molecule is C[C@@]1(F)[C@H](O)[C@@H](COP(O)(=S)OP(=O)(O)O[PH](=O)O)O[C@H]1n1ccc(=O)[nH]c1=O. The summed E-state index contributed by atoms with van der Waals surface area (Å²) in [5.41, 5.74) is -4.33. The van der Waals surface area contributed by atoms with Crippen LogP contribution in [0.1, 0.15) is 13.2 Å².